The summed E-state index contributed by atoms with van der Waals surface area (Å²) in [5.74, 6) is 0.629. The number of nitrogens with one attached hydrogen (secondary N) is 2. The maximum atomic E-state index is 12.4. The molecule has 7 nitrogen and oxygen atoms in total. The number of nitrogens with zero attached hydrogens (tertiary/aromatic N) is 4. The highest BCUT2D eigenvalue weighted by atomic mass is 16.1. The van der Waals surface area contributed by atoms with Crippen LogP contribution in [0.25, 0.3) is 23.0 Å². The van der Waals surface area contributed by atoms with E-state index in [1.54, 1.807) is 6.20 Å². The average molecular weight is 439 g/mol. The van der Waals surface area contributed by atoms with Gasteiger partial charge in [0.25, 0.3) is 5.91 Å². The first-order chi connectivity index (χ1) is 16.1. The first-order valence-electron chi connectivity index (χ1n) is 11.0. The van der Waals surface area contributed by atoms with E-state index >= 15 is 0 Å². The van der Waals surface area contributed by atoms with Crippen LogP contribution in [0, 0.1) is 0 Å². The molecule has 0 aliphatic heterocycles. The Morgan fingerprint density at radius 1 is 1.12 bits per heavy atom. The lowest BCUT2D eigenvalue weighted by Gasteiger charge is -2.11. The maximum Gasteiger partial charge on any atom is 0.251 e. The van der Waals surface area contributed by atoms with Gasteiger partial charge in [0.2, 0.25) is 0 Å². The first kappa shape index (κ1) is 20.9. The third-order valence-electron chi connectivity index (χ3n) is 5.76. The molecule has 0 radical (unpaired) electrons. The zero-order valence-corrected chi connectivity index (χ0v) is 18.7. The number of hydrogen-bond donors (Lipinski definition) is 2. The van der Waals surface area contributed by atoms with Crippen molar-refractivity contribution in [2.45, 2.75) is 6.42 Å². The molecule has 0 saturated carbocycles. The summed E-state index contributed by atoms with van der Waals surface area (Å²) >= 11 is 0. The van der Waals surface area contributed by atoms with Crippen molar-refractivity contribution in [2.24, 2.45) is 0 Å². The van der Waals surface area contributed by atoms with Crippen LogP contribution in [0.5, 0.6) is 0 Å². The van der Waals surface area contributed by atoms with Gasteiger partial charge in [-0.15, -0.1) is 0 Å². The molecule has 166 valence electrons. The third kappa shape index (κ3) is 4.36. The van der Waals surface area contributed by atoms with Crippen LogP contribution >= 0.6 is 0 Å². The quantitative estimate of drug-likeness (QED) is 0.456. The Morgan fingerprint density at radius 2 is 1.97 bits per heavy atom. The molecule has 5 rings (SSSR count). The molecule has 7 heteroatoms. The molecule has 1 amide bonds. The summed E-state index contributed by atoms with van der Waals surface area (Å²) in [5, 5.41) is 6.35. The molecule has 1 aliphatic carbocycles. The van der Waals surface area contributed by atoms with Crippen LogP contribution in [-0.2, 0) is 6.42 Å². The van der Waals surface area contributed by atoms with Crippen molar-refractivity contribution in [1.82, 2.24) is 24.6 Å². The summed E-state index contributed by atoms with van der Waals surface area (Å²) in [7, 11) is 3.97. The molecule has 2 heterocycles. The summed E-state index contributed by atoms with van der Waals surface area (Å²) in [5.41, 5.74) is 6.86. The number of anilines is 2. The SMILES string of the molecule is CN(C)CCNC(=O)c1ccc(-c2cnc3c(Nc4ccc5c(c4)C=CC5)nccn23)cc1. The highest BCUT2D eigenvalue weighted by Crippen LogP contribution is 2.28. The van der Waals surface area contributed by atoms with Crippen molar-refractivity contribution in [3.05, 3.63) is 83.8 Å². The molecule has 0 spiro atoms. The van der Waals surface area contributed by atoms with E-state index in [4.69, 9.17) is 0 Å². The second-order valence-corrected chi connectivity index (χ2v) is 8.39. The number of allylic oxidation sites excluding steroid dienone is 1. The number of hydrogen-bond acceptors (Lipinski definition) is 5. The number of rotatable bonds is 7. The number of aromatic nitrogens is 3. The van der Waals surface area contributed by atoms with Crippen molar-refractivity contribution in [2.75, 3.05) is 32.5 Å². The van der Waals surface area contributed by atoms with Gasteiger partial charge in [-0.3, -0.25) is 9.20 Å². The Bertz CT molecular complexity index is 1340. The second kappa shape index (κ2) is 8.88. The van der Waals surface area contributed by atoms with E-state index in [9.17, 15) is 4.79 Å². The van der Waals surface area contributed by atoms with E-state index < -0.39 is 0 Å². The lowest BCUT2D eigenvalue weighted by molar-refractivity contribution is 0.0951. The zero-order valence-electron chi connectivity index (χ0n) is 18.7. The minimum absolute atomic E-state index is 0.0681. The molecule has 0 unspecified atom stereocenters. The van der Waals surface area contributed by atoms with Crippen LogP contribution in [0.2, 0.25) is 0 Å². The topological polar surface area (TPSA) is 74.6 Å². The van der Waals surface area contributed by atoms with Crippen LogP contribution in [0.1, 0.15) is 21.5 Å². The molecular weight excluding hydrogens is 412 g/mol. The molecule has 4 aromatic rings. The summed E-state index contributed by atoms with van der Waals surface area (Å²) in [6.45, 7) is 1.42. The molecule has 1 aliphatic rings. The Labute approximate surface area is 192 Å². The fourth-order valence-corrected chi connectivity index (χ4v) is 3.97. The minimum Gasteiger partial charge on any atom is -0.351 e. The number of carbonyl (C=O) groups excluding carboxylic acids is 1. The van der Waals surface area contributed by atoms with Crippen molar-refractivity contribution < 1.29 is 4.79 Å². The fraction of sp³-hybridized carbons (Fsp3) is 0.192. The van der Waals surface area contributed by atoms with E-state index in [0.717, 1.165) is 35.6 Å². The highest BCUT2D eigenvalue weighted by Gasteiger charge is 2.13. The predicted molar refractivity (Wildman–Crippen MR) is 132 cm³/mol. The molecule has 0 saturated heterocycles. The largest absolute Gasteiger partial charge is 0.351 e. The van der Waals surface area contributed by atoms with E-state index in [-0.39, 0.29) is 5.91 Å². The van der Waals surface area contributed by atoms with Crippen LogP contribution in [0.15, 0.2) is 67.1 Å². The molecule has 0 bridgehead atoms. The van der Waals surface area contributed by atoms with Gasteiger partial charge in [-0.05, 0) is 55.9 Å². The Morgan fingerprint density at radius 3 is 2.79 bits per heavy atom. The first-order valence-corrected chi connectivity index (χ1v) is 11.0. The van der Waals surface area contributed by atoms with E-state index in [1.165, 1.54) is 11.1 Å². The monoisotopic (exact) mass is 438 g/mol. The number of amides is 1. The summed E-state index contributed by atoms with van der Waals surface area (Å²) in [6, 6.07) is 13.9. The van der Waals surface area contributed by atoms with Crippen LogP contribution in [0.4, 0.5) is 11.5 Å². The summed E-state index contributed by atoms with van der Waals surface area (Å²) < 4.78 is 2.01. The highest BCUT2D eigenvalue weighted by molar-refractivity contribution is 5.94. The van der Waals surface area contributed by atoms with Crippen molar-refractivity contribution >= 4 is 29.1 Å². The Hall–Kier alpha value is -3.97. The molecule has 2 aromatic heterocycles. The number of likely N-dealkylation sites (N-methyl/N-ethyl adjacent to an activating group) is 1. The van der Waals surface area contributed by atoms with Crippen LogP contribution in [0.3, 0.4) is 0 Å². The lowest BCUT2D eigenvalue weighted by atomic mass is 10.1. The molecule has 2 N–H and O–H groups in total. The van der Waals surface area contributed by atoms with Gasteiger partial charge in [-0.1, -0.05) is 30.4 Å². The van der Waals surface area contributed by atoms with Crippen molar-refractivity contribution in [3.63, 3.8) is 0 Å². The van der Waals surface area contributed by atoms with E-state index in [0.29, 0.717) is 17.9 Å². The summed E-state index contributed by atoms with van der Waals surface area (Å²) in [6.07, 6.45) is 10.8. The van der Waals surface area contributed by atoms with Crippen molar-refractivity contribution in [1.29, 1.82) is 0 Å². The van der Waals surface area contributed by atoms with Crippen LogP contribution < -0.4 is 10.6 Å². The van der Waals surface area contributed by atoms with Gasteiger partial charge < -0.3 is 15.5 Å². The average Bonchev–Trinajstić information content (AvgIpc) is 3.46. The predicted octanol–water partition coefficient (Wildman–Crippen LogP) is 4.00. The maximum absolute atomic E-state index is 12.4. The molecule has 33 heavy (non-hydrogen) atoms. The number of carbonyl (C=O) groups is 1. The van der Waals surface area contributed by atoms with Gasteiger partial charge in [0.15, 0.2) is 11.5 Å². The Balaban J connectivity index is 1.36. The third-order valence-corrected chi connectivity index (χ3v) is 5.76. The van der Waals surface area contributed by atoms with E-state index in [2.05, 4.69) is 51.0 Å². The molecule has 0 atom stereocenters. The van der Waals surface area contributed by atoms with Gasteiger partial charge in [-0.25, -0.2) is 9.97 Å². The van der Waals surface area contributed by atoms with Crippen LogP contribution in [-0.4, -0.2) is 52.4 Å². The number of imidazole rings is 1. The molecule has 2 aromatic carbocycles. The standard InChI is InChI=1S/C26H26N6O/c1-31(2)14-12-28-26(33)20-8-6-19(7-9-20)23-17-29-25-24(27-13-15-32(23)25)30-22-11-10-18-4-3-5-21(18)16-22/h3,5-11,13,15-17H,4,12,14H2,1-2H3,(H,27,30)(H,28,33). The lowest BCUT2D eigenvalue weighted by Crippen LogP contribution is -2.31. The van der Waals surface area contributed by atoms with Gasteiger partial charge in [0.05, 0.1) is 11.9 Å². The van der Waals surface area contributed by atoms with Gasteiger partial charge in [0, 0.05) is 42.3 Å². The number of fused-ring (bicyclic) bond motifs is 2. The van der Waals surface area contributed by atoms with E-state index in [1.807, 2.05) is 60.1 Å². The molecule has 0 fully saturated rings. The second-order valence-electron chi connectivity index (χ2n) is 8.39. The van der Waals surface area contributed by atoms with Gasteiger partial charge in [-0.2, -0.15) is 0 Å². The van der Waals surface area contributed by atoms with Gasteiger partial charge >= 0.3 is 0 Å². The fourth-order valence-electron chi connectivity index (χ4n) is 3.97. The normalized spacial score (nSPS) is 12.3. The van der Waals surface area contributed by atoms with Gasteiger partial charge in [0.1, 0.15) is 0 Å². The minimum atomic E-state index is -0.0681. The smallest absolute Gasteiger partial charge is 0.251 e. The number of benzene rings is 2. The zero-order chi connectivity index (χ0) is 22.8. The molecular formula is C26H26N6O. The Kier molecular flexibility index (Phi) is 5.62. The van der Waals surface area contributed by atoms with Crippen molar-refractivity contribution in [3.8, 4) is 11.3 Å². The summed E-state index contributed by atoms with van der Waals surface area (Å²) in [4.78, 5) is 23.5.